The molecular weight excluding hydrogens is 399 g/mol. The molecule has 0 saturated carbocycles. The highest BCUT2D eigenvalue weighted by atomic mass is 79.9. The lowest BCUT2D eigenvalue weighted by molar-refractivity contribution is 0.102. The van der Waals surface area contributed by atoms with E-state index in [1.165, 1.54) is 20.2 Å². The molecule has 1 N–H and O–H groups in total. The lowest BCUT2D eigenvalue weighted by Crippen LogP contribution is -2.24. The molecule has 2 aromatic rings. The molecule has 0 radical (unpaired) electrons. The number of benzene rings is 2. The summed E-state index contributed by atoms with van der Waals surface area (Å²) in [4.78, 5) is 11.8. The van der Waals surface area contributed by atoms with Gasteiger partial charge in [0.15, 0.2) is 0 Å². The molecule has 2 rings (SSSR count). The number of sulfonamides is 1. The van der Waals surface area contributed by atoms with Crippen molar-refractivity contribution in [2.24, 2.45) is 0 Å². The van der Waals surface area contributed by atoms with Gasteiger partial charge in [0.1, 0.15) is 10.7 Å². The third-order valence-corrected chi connectivity index (χ3v) is 5.81. The van der Waals surface area contributed by atoms with Gasteiger partial charge in [-0.1, -0.05) is 6.07 Å². The van der Waals surface area contributed by atoms with Crippen LogP contribution in [0, 0.1) is 12.7 Å². The normalized spacial score (nSPS) is 11.6. The highest BCUT2D eigenvalue weighted by Gasteiger charge is 2.23. The van der Waals surface area contributed by atoms with E-state index in [9.17, 15) is 17.6 Å². The number of rotatable bonds is 4. The molecule has 0 atom stereocenters. The highest BCUT2D eigenvalue weighted by molar-refractivity contribution is 9.10. The third-order valence-electron chi connectivity index (χ3n) is 3.32. The Balaban J connectivity index is 2.37. The summed E-state index contributed by atoms with van der Waals surface area (Å²) in [5, 5.41) is 2.66. The zero-order valence-corrected chi connectivity index (χ0v) is 15.7. The SMILES string of the molecule is Cc1ccc(NC(=O)c2ccc(F)c(S(=O)(=O)N(C)C)c2)c(Br)c1. The van der Waals surface area contributed by atoms with Crippen LogP contribution in [0.4, 0.5) is 10.1 Å². The molecule has 0 aliphatic heterocycles. The zero-order valence-electron chi connectivity index (χ0n) is 13.3. The van der Waals surface area contributed by atoms with Crippen LogP contribution in [0.5, 0.6) is 0 Å². The number of carbonyl (C=O) groups excluding carboxylic acids is 1. The lowest BCUT2D eigenvalue weighted by Gasteiger charge is -2.13. The van der Waals surface area contributed by atoms with Gasteiger partial charge < -0.3 is 5.32 Å². The van der Waals surface area contributed by atoms with Crippen LogP contribution in [0.2, 0.25) is 0 Å². The summed E-state index contributed by atoms with van der Waals surface area (Å²) >= 11 is 3.35. The molecule has 0 unspecified atom stereocenters. The van der Waals surface area contributed by atoms with Crippen LogP contribution in [0.1, 0.15) is 15.9 Å². The van der Waals surface area contributed by atoms with Crippen LogP contribution >= 0.6 is 15.9 Å². The average molecular weight is 415 g/mol. The van der Waals surface area contributed by atoms with Crippen molar-refractivity contribution in [2.45, 2.75) is 11.8 Å². The third kappa shape index (κ3) is 3.82. The topological polar surface area (TPSA) is 66.5 Å². The Morgan fingerprint density at radius 3 is 2.42 bits per heavy atom. The van der Waals surface area contributed by atoms with Crippen molar-refractivity contribution < 1.29 is 17.6 Å². The molecule has 2 aromatic carbocycles. The maximum absolute atomic E-state index is 13.9. The number of hydrogen-bond donors (Lipinski definition) is 1. The molecule has 5 nitrogen and oxygen atoms in total. The van der Waals surface area contributed by atoms with Gasteiger partial charge in [0, 0.05) is 24.1 Å². The number of nitrogens with zero attached hydrogens (tertiary/aromatic N) is 1. The van der Waals surface area contributed by atoms with Crippen molar-refractivity contribution in [3.8, 4) is 0 Å². The van der Waals surface area contributed by atoms with Crippen molar-refractivity contribution >= 4 is 37.5 Å². The quantitative estimate of drug-likeness (QED) is 0.833. The molecule has 128 valence electrons. The Morgan fingerprint density at radius 2 is 1.83 bits per heavy atom. The van der Waals surface area contributed by atoms with Gasteiger partial charge >= 0.3 is 0 Å². The maximum atomic E-state index is 13.9. The van der Waals surface area contributed by atoms with E-state index >= 15 is 0 Å². The van der Waals surface area contributed by atoms with E-state index < -0.39 is 26.6 Å². The highest BCUT2D eigenvalue weighted by Crippen LogP contribution is 2.25. The first-order valence-electron chi connectivity index (χ1n) is 6.92. The number of halogens is 2. The Kier molecular flexibility index (Phi) is 5.42. The van der Waals surface area contributed by atoms with Gasteiger partial charge in [-0.15, -0.1) is 0 Å². The van der Waals surface area contributed by atoms with Gasteiger partial charge in [-0.2, -0.15) is 0 Å². The first-order valence-corrected chi connectivity index (χ1v) is 9.16. The Morgan fingerprint density at radius 1 is 1.17 bits per heavy atom. The first-order chi connectivity index (χ1) is 11.1. The van der Waals surface area contributed by atoms with Gasteiger partial charge in [-0.05, 0) is 58.7 Å². The van der Waals surface area contributed by atoms with Crippen LogP contribution < -0.4 is 5.32 Å². The number of aryl methyl sites for hydroxylation is 1. The fraction of sp³-hybridized carbons (Fsp3) is 0.188. The van der Waals surface area contributed by atoms with Gasteiger partial charge in [-0.25, -0.2) is 17.1 Å². The smallest absolute Gasteiger partial charge is 0.255 e. The summed E-state index contributed by atoms with van der Waals surface area (Å²) < 4.78 is 39.7. The monoisotopic (exact) mass is 414 g/mol. The summed E-state index contributed by atoms with van der Waals surface area (Å²) in [6, 6.07) is 8.62. The fourth-order valence-corrected chi connectivity index (χ4v) is 3.53. The lowest BCUT2D eigenvalue weighted by atomic mass is 10.2. The minimum Gasteiger partial charge on any atom is -0.321 e. The molecule has 0 heterocycles. The van der Waals surface area contributed by atoms with Crippen LogP contribution in [-0.2, 0) is 10.0 Å². The summed E-state index contributed by atoms with van der Waals surface area (Å²) in [6.45, 7) is 1.91. The minimum absolute atomic E-state index is 0.0456. The van der Waals surface area contributed by atoms with Crippen molar-refractivity contribution in [1.29, 1.82) is 0 Å². The van der Waals surface area contributed by atoms with Gasteiger partial charge in [0.25, 0.3) is 5.91 Å². The summed E-state index contributed by atoms with van der Waals surface area (Å²) in [7, 11) is -1.39. The van der Waals surface area contributed by atoms with Crippen molar-refractivity contribution in [2.75, 3.05) is 19.4 Å². The molecule has 0 aromatic heterocycles. The number of amides is 1. The molecule has 24 heavy (non-hydrogen) atoms. The van der Waals surface area contributed by atoms with E-state index in [1.54, 1.807) is 6.07 Å². The van der Waals surface area contributed by atoms with E-state index in [0.717, 1.165) is 22.0 Å². The Hall–Kier alpha value is -1.77. The molecular formula is C16H16BrFN2O3S. The van der Waals surface area contributed by atoms with Crippen LogP contribution in [0.15, 0.2) is 45.8 Å². The van der Waals surface area contributed by atoms with E-state index in [2.05, 4.69) is 21.2 Å². The fourth-order valence-electron chi connectivity index (χ4n) is 1.95. The standard InChI is InChI=1S/C16H16BrFN2O3S/c1-10-4-7-14(12(17)8-10)19-16(21)11-5-6-13(18)15(9-11)24(22,23)20(2)3/h4-9H,1-3H3,(H,19,21). The summed E-state index contributed by atoms with van der Waals surface area (Å²) in [5.41, 5.74) is 1.59. The molecule has 0 aliphatic rings. The number of carbonyl (C=O) groups is 1. The zero-order chi connectivity index (χ0) is 18.1. The minimum atomic E-state index is -3.98. The van der Waals surface area contributed by atoms with Gasteiger partial charge in [0.05, 0.1) is 5.69 Å². The first kappa shape index (κ1) is 18.6. The summed E-state index contributed by atoms with van der Waals surface area (Å²) in [5.74, 6) is -1.44. The maximum Gasteiger partial charge on any atom is 0.255 e. The number of anilines is 1. The van der Waals surface area contributed by atoms with Crippen molar-refractivity contribution in [3.05, 3.63) is 57.8 Å². The van der Waals surface area contributed by atoms with E-state index in [4.69, 9.17) is 0 Å². The van der Waals surface area contributed by atoms with Crippen molar-refractivity contribution in [1.82, 2.24) is 4.31 Å². The van der Waals surface area contributed by atoms with Crippen molar-refractivity contribution in [3.63, 3.8) is 0 Å². The molecule has 8 heteroatoms. The largest absolute Gasteiger partial charge is 0.321 e. The average Bonchev–Trinajstić information content (AvgIpc) is 2.50. The Labute approximate surface area is 148 Å². The van der Waals surface area contributed by atoms with E-state index in [0.29, 0.717) is 10.2 Å². The molecule has 0 saturated heterocycles. The second-order valence-corrected chi connectivity index (χ2v) is 8.34. The van der Waals surface area contributed by atoms with E-state index in [-0.39, 0.29) is 5.56 Å². The summed E-state index contributed by atoms with van der Waals surface area (Å²) in [6.07, 6.45) is 0. The number of hydrogen-bond acceptors (Lipinski definition) is 3. The molecule has 0 fully saturated rings. The Bertz CT molecular complexity index is 898. The second kappa shape index (κ2) is 7.00. The molecule has 0 spiro atoms. The number of nitrogens with one attached hydrogen (secondary N) is 1. The van der Waals surface area contributed by atoms with Gasteiger partial charge in [-0.3, -0.25) is 4.79 Å². The predicted molar refractivity (Wildman–Crippen MR) is 94.1 cm³/mol. The predicted octanol–water partition coefficient (Wildman–Crippen LogP) is 3.40. The van der Waals surface area contributed by atoms with E-state index in [1.807, 2.05) is 19.1 Å². The van der Waals surface area contributed by atoms with Gasteiger partial charge in [0.2, 0.25) is 10.0 Å². The van der Waals surface area contributed by atoms with Crippen LogP contribution in [0.3, 0.4) is 0 Å². The molecule has 0 aliphatic carbocycles. The molecule has 0 bridgehead atoms. The van der Waals surface area contributed by atoms with Crippen LogP contribution in [0.25, 0.3) is 0 Å². The second-order valence-electron chi connectivity index (χ2n) is 5.37. The van der Waals surface area contributed by atoms with Crippen LogP contribution in [-0.4, -0.2) is 32.7 Å². The molecule has 1 amide bonds.